The smallest absolute Gasteiger partial charge is 0.255 e. The molecule has 2 unspecified atom stereocenters. The number of amides is 1. The van der Waals surface area contributed by atoms with Gasteiger partial charge in [-0.1, -0.05) is 37.1 Å². The molecule has 1 fully saturated rings. The lowest BCUT2D eigenvalue weighted by Gasteiger charge is -2.24. The van der Waals surface area contributed by atoms with Crippen LogP contribution in [0, 0.1) is 12.8 Å². The highest BCUT2D eigenvalue weighted by molar-refractivity contribution is 6.31. The summed E-state index contributed by atoms with van der Waals surface area (Å²) in [4.78, 5) is 15.3. The van der Waals surface area contributed by atoms with Crippen molar-refractivity contribution >= 4 is 29.3 Å². The molecule has 0 saturated heterocycles. The van der Waals surface area contributed by atoms with E-state index in [0.717, 1.165) is 47.5 Å². The molecule has 1 saturated carbocycles. The minimum atomic E-state index is -0.146. The Morgan fingerprint density at radius 2 is 2.00 bits per heavy atom. The van der Waals surface area contributed by atoms with Crippen LogP contribution in [-0.2, 0) is 11.2 Å². The summed E-state index contributed by atoms with van der Waals surface area (Å²) in [6, 6.07) is 12.6. The van der Waals surface area contributed by atoms with Gasteiger partial charge in [-0.05, 0) is 87.0 Å². The van der Waals surface area contributed by atoms with Crippen LogP contribution in [0.5, 0.6) is 5.75 Å². The summed E-state index contributed by atoms with van der Waals surface area (Å²) in [7, 11) is 2.25. The average molecular weight is 453 g/mol. The quantitative estimate of drug-likeness (QED) is 0.550. The number of aryl methyl sites for hydroxylation is 1. The molecule has 0 bridgehead atoms. The molecule has 1 heterocycles. The van der Waals surface area contributed by atoms with Crippen LogP contribution in [0.4, 0.5) is 5.69 Å². The molecule has 2 aromatic carbocycles. The first-order chi connectivity index (χ1) is 15.4. The first-order valence-corrected chi connectivity index (χ1v) is 12.0. The average Bonchev–Trinajstić information content (AvgIpc) is 3.27. The molecule has 5 heteroatoms. The Balaban J connectivity index is 1.32. The van der Waals surface area contributed by atoms with E-state index >= 15 is 0 Å². The molecule has 0 aromatic heterocycles. The maximum absolute atomic E-state index is 12.7. The molecule has 1 N–H and O–H groups in total. The minimum absolute atomic E-state index is 0.146. The van der Waals surface area contributed by atoms with Gasteiger partial charge in [0.2, 0.25) is 0 Å². The van der Waals surface area contributed by atoms with Crippen LogP contribution in [-0.4, -0.2) is 37.0 Å². The summed E-state index contributed by atoms with van der Waals surface area (Å²) >= 11 is 6.16. The van der Waals surface area contributed by atoms with Gasteiger partial charge in [0.1, 0.15) is 12.4 Å². The topological polar surface area (TPSA) is 41.6 Å². The Morgan fingerprint density at radius 3 is 2.72 bits per heavy atom. The Kier molecular flexibility index (Phi) is 7.22. The molecule has 32 heavy (non-hydrogen) atoms. The monoisotopic (exact) mass is 452 g/mol. The molecule has 2 atom stereocenters. The van der Waals surface area contributed by atoms with Crippen molar-refractivity contribution in [2.75, 3.05) is 25.5 Å². The third kappa shape index (κ3) is 5.36. The second-order valence-corrected chi connectivity index (χ2v) is 9.66. The van der Waals surface area contributed by atoms with Gasteiger partial charge in [-0.25, -0.2) is 0 Å². The molecule has 0 spiro atoms. The zero-order valence-corrected chi connectivity index (χ0v) is 20.0. The highest BCUT2D eigenvalue weighted by atomic mass is 35.5. The van der Waals surface area contributed by atoms with E-state index in [4.69, 9.17) is 16.3 Å². The number of anilines is 1. The van der Waals surface area contributed by atoms with Gasteiger partial charge < -0.3 is 15.0 Å². The lowest BCUT2D eigenvalue weighted by molar-refractivity contribution is -0.113. The number of nitrogens with one attached hydrogen (secondary N) is 1. The summed E-state index contributed by atoms with van der Waals surface area (Å²) in [6.45, 7) is 5.59. The second-order valence-electron chi connectivity index (χ2n) is 9.22. The minimum Gasteiger partial charge on any atom is -0.488 e. The number of benzene rings is 2. The van der Waals surface area contributed by atoms with Crippen LogP contribution in [0.1, 0.15) is 49.3 Å². The van der Waals surface area contributed by atoms with Crippen LogP contribution in [0.25, 0.3) is 6.08 Å². The van der Waals surface area contributed by atoms with Crippen molar-refractivity contribution in [3.05, 3.63) is 63.7 Å². The summed E-state index contributed by atoms with van der Waals surface area (Å²) < 4.78 is 5.82. The second kappa shape index (κ2) is 10.1. The Hall–Kier alpha value is -2.30. The zero-order valence-electron chi connectivity index (χ0n) is 19.3. The first-order valence-electron chi connectivity index (χ1n) is 11.7. The number of nitrogens with zero attached hydrogens (tertiary/aromatic N) is 1. The van der Waals surface area contributed by atoms with Gasteiger partial charge in [0, 0.05) is 28.9 Å². The molecule has 0 radical (unpaired) electrons. The fourth-order valence-electron chi connectivity index (χ4n) is 4.84. The van der Waals surface area contributed by atoms with Gasteiger partial charge in [0.05, 0.1) is 5.57 Å². The van der Waals surface area contributed by atoms with Gasteiger partial charge >= 0.3 is 0 Å². The number of likely N-dealkylation sites (N-methyl/N-ethyl adjacent to an activating group) is 1. The fraction of sp³-hybridized carbons (Fsp3) is 0.444. The van der Waals surface area contributed by atoms with E-state index in [-0.39, 0.29) is 12.5 Å². The predicted octanol–water partition coefficient (Wildman–Crippen LogP) is 6.12. The van der Waals surface area contributed by atoms with Crippen molar-refractivity contribution in [2.24, 2.45) is 5.92 Å². The normalized spacial score (nSPS) is 20.0. The highest BCUT2D eigenvalue weighted by Crippen LogP contribution is 2.33. The number of ether oxygens (including phenoxy) is 1. The summed E-state index contributed by atoms with van der Waals surface area (Å²) in [5, 5.41) is 3.63. The van der Waals surface area contributed by atoms with Crippen LogP contribution in [0.2, 0.25) is 5.02 Å². The number of hydrogen-bond acceptors (Lipinski definition) is 3. The standard InChI is InChI=1S/C27H33ClN2O2/c1-4-19-7-10-25(14-19)30(3)12-11-20-5-8-24(9-6-20)29-27(31)22-15-21-16-23(28)13-18(2)26(21)32-17-22/h5-6,8-9,13,15-16,19,25H,4,7,10-12,14,17H2,1-3H3,(H,29,31). The highest BCUT2D eigenvalue weighted by Gasteiger charge is 2.26. The van der Waals surface area contributed by atoms with E-state index in [1.165, 1.54) is 31.2 Å². The van der Waals surface area contributed by atoms with E-state index in [1.54, 1.807) is 0 Å². The lowest BCUT2D eigenvalue weighted by Crippen LogP contribution is -2.31. The number of rotatable bonds is 7. The van der Waals surface area contributed by atoms with Crippen molar-refractivity contribution in [3.8, 4) is 5.75 Å². The molecule has 2 aliphatic rings. The SMILES string of the molecule is CCC1CCC(N(C)CCc2ccc(NC(=O)C3=Cc4cc(Cl)cc(C)c4OC3)cc2)C1. The van der Waals surface area contributed by atoms with Crippen molar-refractivity contribution in [1.82, 2.24) is 4.90 Å². The van der Waals surface area contributed by atoms with E-state index < -0.39 is 0 Å². The van der Waals surface area contributed by atoms with E-state index in [0.29, 0.717) is 10.6 Å². The summed E-state index contributed by atoms with van der Waals surface area (Å²) in [5.41, 5.74) is 4.49. The number of hydrogen-bond donors (Lipinski definition) is 1. The Morgan fingerprint density at radius 1 is 1.22 bits per heavy atom. The van der Waals surface area contributed by atoms with E-state index in [9.17, 15) is 4.79 Å². The number of halogens is 1. The number of fused-ring (bicyclic) bond motifs is 1. The summed E-state index contributed by atoms with van der Waals surface area (Å²) in [5.74, 6) is 1.56. The molecular weight excluding hydrogens is 420 g/mol. The zero-order chi connectivity index (χ0) is 22.7. The molecule has 170 valence electrons. The predicted molar refractivity (Wildman–Crippen MR) is 132 cm³/mol. The number of carbonyl (C=O) groups is 1. The Bertz CT molecular complexity index is 999. The van der Waals surface area contributed by atoms with Crippen molar-refractivity contribution in [3.63, 3.8) is 0 Å². The molecule has 4 nitrogen and oxygen atoms in total. The molecule has 1 aliphatic carbocycles. The lowest BCUT2D eigenvalue weighted by atomic mass is 10.0. The maximum Gasteiger partial charge on any atom is 0.255 e. The van der Waals surface area contributed by atoms with Gasteiger partial charge in [0.15, 0.2) is 0 Å². The first kappa shape index (κ1) is 22.9. The maximum atomic E-state index is 12.7. The third-order valence-electron chi connectivity index (χ3n) is 6.94. The molecule has 1 aliphatic heterocycles. The van der Waals surface area contributed by atoms with Gasteiger partial charge in [0.25, 0.3) is 5.91 Å². The third-order valence-corrected chi connectivity index (χ3v) is 7.16. The van der Waals surface area contributed by atoms with Crippen molar-refractivity contribution in [1.29, 1.82) is 0 Å². The van der Waals surface area contributed by atoms with E-state index in [1.807, 2.05) is 37.3 Å². The molecule has 2 aromatic rings. The summed E-state index contributed by atoms with van der Waals surface area (Å²) in [6.07, 6.45) is 8.24. The molecular formula is C27H33ClN2O2. The molecule has 1 amide bonds. The van der Waals surface area contributed by atoms with Crippen molar-refractivity contribution < 1.29 is 9.53 Å². The van der Waals surface area contributed by atoms with Crippen LogP contribution in [0.15, 0.2) is 42.0 Å². The molecule has 4 rings (SSSR count). The van der Waals surface area contributed by atoms with Crippen molar-refractivity contribution in [2.45, 2.75) is 52.0 Å². The Labute approximate surface area is 196 Å². The van der Waals surface area contributed by atoms with Gasteiger partial charge in [-0.15, -0.1) is 0 Å². The fourth-order valence-corrected chi connectivity index (χ4v) is 5.13. The van der Waals surface area contributed by atoms with Gasteiger partial charge in [-0.3, -0.25) is 4.79 Å². The van der Waals surface area contributed by atoms with Gasteiger partial charge in [-0.2, -0.15) is 0 Å². The van der Waals surface area contributed by atoms with Crippen LogP contribution in [0.3, 0.4) is 0 Å². The number of carbonyl (C=O) groups excluding carboxylic acids is 1. The van der Waals surface area contributed by atoms with Crippen LogP contribution < -0.4 is 10.1 Å². The van der Waals surface area contributed by atoms with E-state index in [2.05, 4.69) is 36.3 Å². The largest absolute Gasteiger partial charge is 0.488 e. The van der Waals surface area contributed by atoms with Crippen LogP contribution >= 0.6 is 11.6 Å².